The van der Waals surface area contributed by atoms with Crippen molar-refractivity contribution in [2.45, 2.75) is 25.3 Å². The summed E-state index contributed by atoms with van der Waals surface area (Å²) in [6.45, 7) is 1.34. The second-order valence-electron chi connectivity index (χ2n) is 5.82. The van der Waals surface area contributed by atoms with Crippen molar-refractivity contribution < 1.29 is 14.3 Å². The third kappa shape index (κ3) is 2.60. The van der Waals surface area contributed by atoms with Crippen LogP contribution in [0.1, 0.15) is 19.3 Å². The third-order valence-corrected chi connectivity index (χ3v) is 4.36. The molecule has 0 unspecified atom stereocenters. The first-order chi connectivity index (χ1) is 10.2. The molecular weight excluding hydrogens is 268 g/mol. The number of ether oxygens (including phenoxy) is 1. The van der Waals surface area contributed by atoms with Crippen LogP contribution in [0.3, 0.4) is 0 Å². The van der Waals surface area contributed by atoms with Gasteiger partial charge in [-0.3, -0.25) is 9.59 Å². The zero-order chi connectivity index (χ0) is 14.9. The number of likely N-dealkylation sites (tertiary alicyclic amines) is 1. The van der Waals surface area contributed by atoms with Gasteiger partial charge in [-0.2, -0.15) is 0 Å². The quantitative estimate of drug-likeness (QED) is 0.676. The number of amides is 1. The molecule has 2 aliphatic rings. The highest BCUT2D eigenvalue weighted by molar-refractivity contribution is 6.05. The van der Waals surface area contributed by atoms with Gasteiger partial charge in [-0.05, 0) is 31.4 Å². The Morgan fingerprint density at radius 3 is 2.62 bits per heavy atom. The second kappa shape index (κ2) is 5.39. The van der Waals surface area contributed by atoms with E-state index in [1.807, 2.05) is 30.3 Å². The predicted octanol–water partition coefficient (Wildman–Crippen LogP) is 1.65. The maximum absolute atomic E-state index is 12.5. The SMILES string of the molecule is COC(=O)C1(C(=O)N2CC[C@H](Nc3ccccc3)C2)CC1. The van der Waals surface area contributed by atoms with Crippen molar-refractivity contribution in [3.8, 4) is 0 Å². The predicted molar refractivity (Wildman–Crippen MR) is 78.7 cm³/mol. The lowest BCUT2D eigenvalue weighted by atomic mass is 10.1. The highest BCUT2D eigenvalue weighted by atomic mass is 16.5. The lowest BCUT2D eigenvalue weighted by Crippen LogP contribution is -2.41. The van der Waals surface area contributed by atoms with Crippen LogP contribution in [0.5, 0.6) is 0 Å². The largest absolute Gasteiger partial charge is 0.468 e. The standard InChI is InChI=1S/C16H20N2O3/c1-21-15(20)16(8-9-16)14(19)18-10-7-13(11-18)17-12-5-3-2-4-6-12/h2-6,13,17H,7-11H2,1H3/t13-/m0/s1. The molecule has 0 aromatic heterocycles. The van der Waals surface area contributed by atoms with Crippen molar-refractivity contribution >= 4 is 17.6 Å². The lowest BCUT2D eigenvalue weighted by Gasteiger charge is -2.22. The highest BCUT2D eigenvalue weighted by Crippen LogP contribution is 2.48. The summed E-state index contributed by atoms with van der Waals surface area (Å²) < 4.78 is 4.78. The van der Waals surface area contributed by atoms with E-state index in [4.69, 9.17) is 4.74 Å². The van der Waals surface area contributed by atoms with Crippen LogP contribution in [-0.4, -0.2) is 43.0 Å². The zero-order valence-corrected chi connectivity index (χ0v) is 12.2. The van der Waals surface area contributed by atoms with Gasteiger partial charge >= 0.3 is 5.97 Å². The molecule has 1 aromatic carbocycles. The van der Waals surface area contributed by atoms with E-state index in [2.05, 4.69) is 5.32 Å². The van der Waals surface area contributed by atoms with Crippen LogP contribution in [0.2, 0.25) is 0 Å². The van der Waals surface area contributed by atoms with Gasteiger partial charge in [-0.15, -0.1) is 0 Å². The van der Waals surface area contributed by atoms with E-state index >= 15 is 0 Å². The van der Waals surface area contributed by atoms with E-state index in [1.54, 1.807) is 4.90 Å². The van der Waals surface area contributed by atoms with Crippen LogP contribution in [0.4, 0.5) is 5.69 Å². The van der Waals surface area contributed by atoms with Crippen LogP contribution in [0, 0.1) is 5.41 Å². The van der Waals surface area contributed by atoms with Crippen molar-refractivity contribution in [1.82, 2.24) is 4.90 Å². The molecule has 3 rings (SSSR count). The number of hydrogen-bond donors (Lipinski definition) is 1. The summed E-state index contributed by atoms with van der Waals surface area (Å²) in [6, 6.07) is 10.2. The molecule has 1 atom stereocenters. The monoisotopic (exact) mass is 288 g/mol. The minimum Gasteiger partial charge on any atom is -0.468 e. The molecule has 1 saturated carbocycles. The number of para-hydroxylation sites is 1. The lowest BCUT2D eigenvalue weighted by molar-refractivity contribution is -0.155. The average molecular weight is 288 g/mol. The maximum atomic E-state index is 12.5. The molecule has 112 valence electrons. The third-order valence-electron chi connectivity index (χ3n) is 4.36. The van der Waals surface area contributed by atoms with Crippen molar-refractivity contribution in [3.05, 3.63) is 30.3 Å². The number of benzene rings is 1. The molecular formula is C16H20N2O3. The smallest absolute Gasteiger partial charge is 0.321 e. The number of nitrogens with zero attached hydrogens (tertiary/aromatic N) is 1. The van der Waals surface area contributed by atoms with Gasteiger partial charge in [0, 0.05) is 24.8 Å². The minimum absolute atomic E-state index is 0.0632. The van der Waals surface area contributed by atoms with Gasteiger partial charge in [-0.25, -0.2) is 0 Å². The first-order valence-corrected chi connectivity index (χ1v) is 7.35. The fraction of sp³-hybridized carbons (Fsp3) is 0.500. The number of rotatable bonds is 4. The molecule has 0 radical (unpaired) electrons. The van der Waals surface area contributed by atoms with Gasteiger partial charge < -0.3 is 15.0 Å². The molecule has 0 bridgehead atoms. The molecule has 1 saturated heterocycles. The molecule has 1 aliphatic carbocycles. The summed E-state index contributed by atoms with van der Waals surface area (Å²) in [6.07, 6.45) is 2.13. The van der Waals surface area contributed by atoms with Crippen LogP contribution in [-0.2, 0) is 14.3 Å². The molecule has 1 aliphatic heterocycles. The molecule has 1 heterocycles. The minimum atomic E-state index is -0.879. The van der Waals surface area contributed by atoms with Crippen LogP contribution < -0.4 is 5.32 Å². The number of carbonyl (C=O) groups is 2. The number of nitrogens with one attached hydrogen (secondary N) is 1. The summed E-state index contributed by atoms with van der Waals surface area (Å²) in [5, 5.41) is 3.43. The molecule has 21 heavy (non-hydrogen) atoms. The first kappa shape index (κ1) is 13.9. The van der Waals surface area contributed by atoms with E-state index in [1.165, 1.54) is 7.11 Å². The van der Waals surface area contributed by atoms with Gasteiger partial charge in [0.25, 0.3) is 0 Å². The second-order valence-corrected chi connectivity index (χ2v) is 5.82. The summed E-state index contributed by atoms with van der Waals surface area (Å²) in [5.74, 6) is -0.446. The van der Waals surface area contributed by atoms with Crippen LogP contribution in [0.25, 0.3) is 0 Å². The van der Waals surface area contributed by atoms with E-state index in [0.29, 0.717) is 25.9 Å². The Kier molecular flexibility index (Phi) is 3.57. The summed E-state index contributed by atoms with van der Waals surface area (Å²) in [5.41, 5.74) is 0.182. The Morgan fingerprint density at radius 2 is 2.00 bits per heavy atom. The van der Waals surface area contributed by atoms with E-state index in [0.717, 1.165) is 12.1 Å². The number of anilines is 1. The van der Waals surface area contributed by atoms with E-state index in [-0.39, 0.29) is 17.9 Å². The number of esters is 1. The van der Waals surface area contributed by atoms with Crippen molar-refractivity contribution in [2.24, 2.45) is 5.41 Å². The van der Waals surface area contributed by atoms with Gasteiger partial charge in [0.1, 0.15) is 5.41 Å². The van der Waals surface area contributed by atoms with Crippen molar-refractivity contribution in [1.29, 1.82) is 0 Å². The number of carbonyl (C=O) groups excluding carboxylic acids is 2. The van der Waals surface area contributed by atoms with Gasteiger partial charge in [-0.1, -0.05) is 18.2 Å². The van der Waals surface area contributed by atoms with Gasteiger partial charge in [0.15, 0.2) is 0 Å². The first-order valence-electron chi connectivity index (χ1n) is 7.35. The fourth-order valence-electron chi connectivity index (χ4n) is 2.96. The zero-order valence-electron chi connectivity index (χ0n) is 12.2. The Balaban J connectivity index is 1.60. The van der Waals surface area contributed by atoms with Crippen LogP contribution >= 0.6 is 0 Å². The van der Waals surface area contributed by atoms with Crippen molar-refractivity contribution in [2.75, 3.05) is 25.5 Å². The Bertz CT molecular complexity index is 540. The summed E-state index contributed by atoms with van der Waals surface area (Å²) in [4.78, 5) is 26.1. The van der Waals surface area contributed by atoms with E-state index in [9.17, 15) is 9.59 Å². The highest BCUT2D eigenvalue weighted by Gasteiger charge is 2.59. The molecule has 1 N–H and O–H groups in total. The fourth-order valence-corrected chi connectivity index (χ4v) is 2.96. The molecule has 5 nitrogen and oxygen atoms in total. The summed E-state index contributed by atoms with van der Waals surface area (Å²) >= 11 is 0. The molecule has 1 aromatic rings. The van der Waals surface area contributed by atoms with Gasteiger partial charge in [0.2, 0.25) is 5.91 Å². The Hall–Kier alpha value is -2.04. The molecule has 0 spiro atoms. The Labute approximate surface area is 124 Å². The molecule has 2 fully saturated rings. The molecule has 1 amide bonds. The number of methoxy groups -OCH3 is 1. The number of hydrogen-bond acceptors (Lipinski definition) is 4. The Morgan fingerprint density at radius 1 is 1.29 bits per heavy atom. The topological polar surface area (TPSA) is 58.6 Å². The average Bonchev–Trinajstić information content (AvgIpc) is 3.21. The normalized spacial score (nSPS) is 22.7. The van der Waals surface area contributed by atoms with E-state index < -0.39 is 5.41 Å². The van der Waals surface area contributed by atoms with Crippen LogP contribution in [0.15, 0.2) is 30.3 Å². The van der Waals surface area contributed by atoms with Gasteiger partial charge in [0.05, 0.1) is 7.11 Å². The van der Waals surface area contributed by atoms with Crippen molar-refractivity contribution in [3.63, 3.8) is 0 Å². The summed E-state index contributed by atoms with van der Waals surface area (Å²) in [7, 11) is 1.35. The maximum Gasteiger partial charge on any atom is 0.321 e. The molecule has 5 heteroatoms.